The molecule has 0 N–H and O–H groups in total. The summed E-state index contributed by atoms with van der Waals surface area (Å²) in [5.74, 6) is 0. The Hall–Kier alpha value is 0.650. The smallest absolute Gasteiger partial charge is 0.0237 e. The minimum Gasteiger partial charge on any atom is -0.0978 e. The minimum atomic E-state index is -0.710. The van der Waals surface area contributed by atoms with Crippen molar-refractivity contribution in [1.82, 2.24) is 0 Å². The third-order valence-corrected chi connectivity index (χ3v) is 5.13. The molecule has 0 aliphatic carbocycles. The molecule has 1 aliphatic heterocycles. The Kier molecular flexibility index (Phi) is 1.55. The summed E-state index contributed by atoms with van der Waals surface area (Å²) >= 11 is 5.32. The maximum atomic E-state index is 5.32. The number of hydrogen-bond donors (Lipinski definition) is 0. The average molecular weight is 134 g/mol. The first-order valence-electron chi connectivity index (χ1n) is 2.76. The predicted octanol–water partition coefficient (Wildman–Crippen LogP) is 1.89. The molecule has 0 amide bonds. The molecule has 0 atom stereocenters. The van der Waals surface area contributed by atoms with Crippen molar-refractivity contribution < 1.29 is 0 Å². The standard InChI is InChI=1S/C5H11PS/c1-6(7)4-2-3-5-6/h2-5H2,1H3. The normalized spacial score (nSPS) is 28.1. The van der Waals surface area contributed by atoms with E-state index in [4.69, 9.17) is 11.8 Å². The molecule has 7 heavy (non-hydrogen) atoms. The van der Waals surface area contributed by atoms with Crippen LogP contribution < -0.4 is 0 Å². The van der Waals surface area contributed by atoms with Crippen molar-refractivity contribution in [2.45, 2.75) is 12.8 Å². The Balaban J connectivity index is 2.57. The molecule has 1 rings (SSSR count). The van der Waals surface area contributed by atoms with Crippen LogP contribution in [0.5, 0.6) is 0 Å². The maximum absolute atomic E-state index is 5.32. The van der Waals surface area contributed by atoms with E-state index in [-0.39, 0.29) is 0 Å². The van der Waals surface area contributed by atoms with Crippen LogP contribution in [0.15, 0.2) is 0 Å². The van der Waals surface area contributed by atoms with Gasteiger partial charge in [0, 0.05) is 0 Å². The van der Waals surface area contributed by atoms with Crippen molar-refractivity contribution in [2.75, 3.05) is 19.0 Å². The van der Waals surface area contributed by atoms with E-state index in [2.05, 4.69) is 6.66 Å². The average Bonchev–Trinajstić information content (AvgIpc) is 1.84. The fourth-order valence-corrected chi connectivity index (χ4v) is 3.79. The monoisotopic (exact) mass is 134 g/mol. The SMILES string of the molecule is CP1(=S)CCCC1. The molecule has 1 saturated heterocycles. The van der Waals surface area contributed by atoms with E-state index < -0.39 is 6.04 Å². The molecule has 0 aromatic heterocycles. The summed E-state index contributed by atoms with van der Waals surface area (Å²) < 4.78 is 0. The molecule has 0 saturated carbocycles. The lowest BCUT2D eigenvalue weighted by Crippen LogP contribution is -1.74. The van der Waals surface area contributed by atoms with Gasteiger partial charge in [-0.15, -0.1) is 0 Å². The maximum Gasteiger partial charge on any atom is -0.0237 e. The van der Waals surface area contributed by atoms with E-state index in [1.807, 2.05) is 0 Å². The molecular formula is C5H11PS. The van der Waals surface area contributed by atoms with Crippen LogP contribution >= 0.6 is 6.04 Å². The molecule has 0 unspecified atom stereocenters. The molecule has 0 nitrogen and oxygen atoms in total. The molecule has 0 bridgehead atoms. The molecule has 0 aromatic carbocycles. The van der Waals surface area contributed by atoms with Gasteiger partial charge in [0.05, 0.1) is 0 Å². The zero-order valence-electron chi connectivity index (χ0n) is 4.68. The van der Waals surface area contributed by atoms with Gasteiger partial charge in [0.2, 0.25) is 0 Å². The van der Waals surface area contributed by atoms with Crippen LogP contribution in [0.2, 0.25) is 0 Å². The van der Waals surface area contributed by atoms with E-state index in [9.17, 15) is 0 Å². The van der Waals surface area contributed by atoms with Crippen LogP contribution in [-0.4, -0.2) is 19.0 Å². The highest BCUT2D eigenvalue weighted by molar-refractivity contribution is 8.14. The Bertz CT molecular complexity index is 98.6. The third-order valence-electron chi connectivity index (χ3n) is 1.51. The van der Waals surface area contributed by atoms with Gasteiger partial charge in [0.15, 0.2) is 0 Å². The molecular weight excluding hydrogens is 123 g/mol. The topological polar surface area (TPSA) is 0 Å². The summed E-state index contributed by atoms with van der Waals surface area (Å²) in [6.45, 7) is 2.29. The summed E-state index contributed by atoms with van der Waals surface area (Å²) in [4.78, 5) is 0. The first kappa shape index (κ1) is 5.78. The van der Waals surface area contributed by atoms with Crippen LogP contribution in [0, 0.1) is 0 Å². The Morgan fingerprint density at radius 1 is 1.29 bits per heavy atom. The van der Waals surface area contributed by atoms with Crippen LogP contribution in [-0.2, 0) is 11.8 Å². The minimum absolute atomic E-state index is 0.710. The highest BCUT2D eigenvalue weighted by Crippen LogP contribution is 2.48. The summed E-state index contributed by atoms with van der Waals surface area (Å²) in [7, 11) is 0. The van der Waals surface area contributed by atoms with Crippen LogP contribution in [0.3, 0.4) is 0 Å². The molecule has 1 aliphatic rings. The molecule has 0 aromatic rings. The van der Waals surface area contributed by atoms with Gasteiger partial charge < -0.3 is 0 Å². The van der Waals surface area contributed by atoms with Crippen LogP contribution in [0.4, 0.5) is 0 Å². The van der Waals surface area contributed by atoms with E-state index >= 15 is 0 Å². The Morgan fingerprint density at radius 2 is 1.71 bits per heavy atom. The van der Waals surface area contributed by atoms with Crippen molar-refractivity contribution in [2.24, 2.45) is 0 Å². The van der Waals surface area contributed by atoms with Gasteiger partial charge in [-0.05, 0) is 37.9 Å². The quantitative estimate of drug-likeness (QED) is 0.456. The van der Waals surface area contributed by atoms with E-state index in [0.717, 1.165) is 0 Å². The van der Waals surface area contributed by atoms with Crippen LogP contribution in [0.25, 0.3) is 0 Å². The zero-order chi connectivity index (χ0) is 5.33. The van der Waals surface area contributed by atoms with Gasteiger partial charge in [-0.1, -0.05) is 11.8 Å². The second kappa shape index (κ2) is 1.87. The van der Waals surface area contributed by atoms with Crippen molar-refractivity contribution in [3.63, 3.8) is 0 Å². The number of rotatable bonds is 0. The predicted molar refractivity (Wildman–Crippen MR) is 39.2 cm³/mol. The summed E-state index contributed by atoms with van der Waals surface area (Å²) in [6.07, 6.45) is 5.58. The van der Waals surface area contributed by atoms with Gasteiger partial charge in [0.25, 0.3) is 0 Å². The van der Waals surface area contributed by atoms with Gasteiger partial charge >= 0.3 is 0 Å². The first-order valence-corrected chi connectivity index (χ1v) is 6.38. The highest BCUT2D eigenvalue weighted by atomic mass is 32.4. The fourth-order valence-electron chi connectivity index (χ4n) is 1.00. The lowest BCUT2D eigenvalue weighted by molar-refractivity contribution is 0.949. The lowest BCUT2D eigenvalue weighted by Gasteiger charge is -2.02. The number of hydrogen-bond acceptors (Lipinski definition) is 1. The van der Waals surface area contributed by atoms with Gasteiger partial charge in [-0.3, -0.25) is 0 Å². The first-order chi connectivity index (χ1) is 3.21. The molecule has 0 radical (unpaired) electrons. The van der Waals surface area contributed by atoms with Gasteiger partial charge in [-0.2, -0.15) is 0 Å². The van der Waals surface area contributed by atoms with Crippen molar-refractivity contribution in [3.05, 3.63) is 0 Å². The van der Waals surface area contributed by atoms with Gasteiger partial charge in [0.1, 0.15) is 0 Å². The largest absolute Gasteiger partial charge is 0.0978 e. The fraction of sp³-hybridized carbons (Fsp3) is 1.00. The van der Waals surface area contributed by atoms with Crippen molar-refractivity contribution in [1.29, 1.82) is 0 Å². The summed E-state index contributed by atoms with van der Waals surface area (Å²) in [5, 5.41) is 0. The Morgan fingerprint density at radius 3 is 1.86 bits per heavy atom. The molecule has 42 valence electrons. The lowest BCUT2D eigenvalue weighted by atomic mass is 10.4. The van der Waals surface area contributed by atoms with Crippen molar-refractivity contribution >= 4 is 17.8 Å². The van der Waals surface area contributed by atoms with E-state index in [0.29, 0.717) is 0 Å². The van der Waals surface area contributed by atoms with Crippen LogP contribution in [0.1, 0.15) is 12.8 Å². The van der Waals surface area contributed by atoms with Crippen molar-refractivity contribution in [3.8, 4) is 0 Å². The second-order valence-corrected chi connectivity index (χ2v) is 8.58. The zero-order valence-corrected chi connectivity index (χ0v) is 6.39. The van der Waals surface area contributed by atoms with E-state index in [1.165, 1.54) is 25.2 Å². The van der Waals surface area contributed by atoms with Gasteiger partial charge in [-0.25, -0.2) is 0 Å². The third kappa shape index (κ3) is 1.54. The Labute approximate surface area is 50.3 Å². The molecule has 0 spiro atoms. The molecule has 1 fully saturated rings. The molecule has 2 heteroatoms. The highest BCUT2D eigenvalue weighted by Gasteiger charge is 2.15. The molecule has 1 heterocycles. The second-order valence-electron chi connectivity index (χ2n) is 2.45. The summed E-state index contributed by atoms with van der Waals surface area (Å²) in [5.41, 5.74) is 0. The summed E-state index contributed by atoms with van der Waals surface area (Å²) in [6, 6.07) is -0.710. The van der Waals surface area contributed by atoms with E-state index in [1.54, 1.807) is 0 Å².